The number of aromatic nitrogens is 2. The van der Waals surface area contributed by atoms with E-state index in [4.69, 9.17) is 4.98 Å². The Balaban J connectivity index is 1.52. The Labute approximate surface area is 135 Å². The van der Waals surface area contributed by atoms with E-state index in [1.165, 1.54) is 18.7 Å². The Morgan fingerprint density at radius 1 is 1.22 bits per heavy atom. The van der Waals surface area contributed by atoms with Gasteiger partial charge in [-0.3, -0.25) is 4.79 Å². The fourth-order valence-corrected chi connectivity index (χ4v) is 2.95. The molecule has 0 unspecified atom stereocenters. The summed E-state index contributed by atoms with van der Waals surface area (Å²) in [5.41, 5.74) is 3.93. The molecule has 1 saturated carbocycles. The smallest absolute Gasteiger partial charge is 0.251 e. The highest BCUT2D eigenvalue weighted by Crippen LogP contribution is 2.40. The number of imidazole rings is 1. The largest absolute Gasteiger partial charge is 0.348 e. The van der Waals surface area contributed by atoms with Crippen LogP contribution >= 0.6 is 0 Å². The van der Waals surface area contributed by atoms with Crippen LogP contribution < -0.4 is 5.32 Å². The number of hydrogen-bond donors (Lipinski definition) is 1. The van der Waals surface area contributed by atoms with Crippen molar-refractivity contribution < 1.29 is 4.79 Å². The van der Waals surface area contributed by atoms with Gasteiger partial charge in [0.2, 0.25) is 0 Å². The number of carbonyl (C=O) groups excluding carboxylic acids is 1. The van der Waals surface area contributed by atoms with Crippen LogP contribution in [0.5, 0.6) is 0 Å². The van der Waals surface area contributed by atoms with Crippen molar-refractivity contribution in [1.29, 1.82) is 0 Å². The van der Waals surface area contributed by atoms with E-state index in [9.17, 15) is 4.79 Å². The molecule has 0 spiro atoms. The number of hydrogen-bond acceptors (Lipinski definition) is 2. The van der Waals surface area contributed by atoms with Gasteiger partial charge in [-0.1, -0.05) is 24.3 Å². The quantitative estimate of drug-likeness (QED) is 0.803. The van der Waals surface area contributed by atoms with Crippen molar-refractivity contribution >= 4 is 16.9 Å². The lowest BCUT2D eigenvalue weighted by molar-refractivity contribution is 0.0951. The zero-order chi connectivity index (χ0) is 15.8. The van der Waals surface area contributed by atoms with E-state index in [-0.39, 0.29) is 5.91 Å². The van der Waals surface area contributed by atoms with Gasteiger partial charge in [0, 0.05) is 25.1 Å². The van der Waals surface area contributed by atoms with Crippen LogP contribution in [-0.2, 0) is 13.6 Å². The monoisotopic (exact) mass is 305 g/mol. The number of carbonyl (C=O) groups is 1. The summed E-state index contributed by atoms with van der Waals surface area (Å²) in [4.78, 5) is 16.9. The molecule has 1 fully saturated rings. The average Bonchev–Trinajstić information content (AvgIpc) is 3.38. The average molecular weight is 305 g/mol. The number of nitrogens with zero attached hydrogens (tertiary/aromatic N) is 2. The number of aryl methyl sites for hydroxylation is 1. The van der Waals surface area contributed by atoms with Crippen molar-refractivity contribution in [3.05, 3.63) is 65.5 Å². The van der Waals surface area contributed by atoms with Crippen molar-refractivity contribution in [2.24, 2.45) is 7.05 Å². The molecule has 1 N–H and O–H groups in total. The molecular formula is C19H19N3O. The molecule has 0 radical (unpaired) electrons. The van der Waals surface area contributed by atoms with E-state index >= 15 is 0 Å². The second kappa shape index (κ2) is 5.54. The van der Waals surface area contributed by atoms with Crippen LogP contribution in [0.4, 0.5) is 0 Å². The number of benzene rings is 2. The third-order valence-corrected chi connectivity index (χ3v) is 4.41. The number of nitrogens with one attached hydrogen (secondary N) is 1. The summed E-state index contributed by atoms with van der Waals surface area (Å²) in [5.74, 6) is 1.77. The van der Waals surface area contributed by atoms with E-state index < -0.39 is 0 Å². The zero-order valence-electron chi connectivity index (χ0n) is 13.1. The van der Waals surface area contributed by atoms with E-state index in [1.54, 1.807) is 0 Å². The third kappa shape index (κ3) is 2.72. The number of rotatable bonds is 4. The molecule has 4 heteroatoms. The highest BCUT2D eigenvalue weighted by atomic mass is 16.1. The fraction of sp³-hybridized carbons (Fsp3) is 0.263. The van der Waals surface area contributed by atoms with Crippen molar-refractivity contribution in [1.82, 2.24) is 14.9 Å². The second-order valence-corrected chi connectivity index (χ2v) is 6.18. The van der Waals surface area contributed by atoms with E-state index in [1.807, 2.05) is 30.3 Å². The Morgan fingerprint density at radius 3 is 2.74 bits per heavy atom. The van der Waals surface area contributed by atoms with E-state index in [2.05, 4.69) is 35.1 Å². The maximum Gasteiger partial charge on any atom is 0.251 e. The topological polar surface area (TPSA) is 46.9 Å². The van der Waals surface area contributed by atoms with Crippen LogP contribution in [0.15, 0.2) is 48.5 Å². The lowest BCUT2D eigenvalue weighted by Crippen LogP contribution is -2.22. The lowest BCUT2D eigenvalue weighted by Gasteiger charge is -2.05. The summed E-state index contributed by atoms with van der Waals surface area (Å²) in [6.45, 7) is 0.513. The first-order valence-corrected chi connectivity index (χ1v) is 8.01. The normalized spacial score (nSPS) is 14.1. The number of amides is 1. The Morgan fingerprint density at radius 2 is 2.00 bits per heavy atom. The van der Waals surface area contributed by atoms with Crippen molar-refractivity contribution in [2.45, 2.75) is 25.3 Å². The molecule has 1 heterocycles. The van der Waals surface area contributed by atoms with Gasteiger partial charge in [0.25, 0.3) is 5.91 Å². The maximum absolute atomic E-state index is 12.1. The minimum Gasteiger partial charge on any atom is -0.348 e. The van der Waals surface area contributed by atoms with Crippen molar-refractivity contribution in [3.63, 3.8) is 0 Å². The van der Waals surface area contributed by atoms with Crippen molar-refractivity contribution in [2.75, 3.05) is 0 Å². The molecule has 1 amide bonds. The molecule has 2 aromatic carbocycles. The van der Waals surface area contributed by atoms with Crippen LogP contribution in [0.25, 0.3) is 11.0 Å². The molecule has 1 aromatic heterocycles. The first kappa shape index (κ1) is 14.0. The molecular weight excluding hydrogens is 286 g/mol. The van der Waals surface area contributed by atoms with Crippen LogP contribution in [0.2, 0.25) is 0 Å². The van der Waals surface area contributed by atoms with Gasteiger partial charge in [-0.15, -0.1) is 0 Å². The molecule has 23 heavy (non-hydrogen) atoms. The van der Waals surface area contributed by atoms with Crippen LogP contribution in [0, 0.1) is 0 Å². The van der Waals surface area contributed by atoms with Crippen molar-refractivity contribution in [3.8, 4) is 0 Å². The van der Waals surface area contributed by atoms with E-state index in [0.717, 1.165) is 16.6 Å². The van der Waals surface area contributed by atoms with Gasteiger partial charge in [0.05, 0.1) is 11.0 Å². The lowest BCUT2D eigenvalue weighted by atomic mass is 10.2. The highest BCUT2D eigenvalue weighted by molar-refractivity contribution is 5.94. The Bertz CT molecular complexity index is 863. The van der Waals surface area contributed by atoms with Gasteiger partial charge in [-0.2, -0.15) is 0 Å². The first-order valence-electron chi connectivity index (χ1n) is 8.01. The molecule has 0 atom stereocenters. The Hall–Kier alpha value is -2.62. The first-order chi connectivity index (χ1) is 11.2. The zero-order valence-corrected chi connectivity index (χ0v) is 13.1. The fourth-order valence-electron chi connectivity index (χ4n) is 2.95. The molecule has 4 nitrogen and oxygen atoms in total. The molecule has 3 aromatic rings. The van der Waals surface area contributed by atoms with Gasteiger partial charge < -0.3 is 9.88 Å². The molecule has 1 aliphatic carbocycles. The van der Waals surface area contributed by atoms with Gasteiger partial charge in [-0.25, -0.2) is 4.98 Å². The molecule has 4 rings (SSSR count). The molecule has 0 aliphatic heterocycles. The van der Waals surface area contributed by atoms with Gasteiger partial charge in [0.15, 0.2) is 0 Å². The summed E-state index contributed by atoms with van der Waals surface area (Å²) in [5, 5.41) is 2.96. The van der Waals surface area contributed by atoms with Gasteiger partial charge >= 0.3 is 0 Å². The van der Waals surface area contributed by atoms with Gasteiger partial charge in [0.1, 0.15) is 5.82 Å². The number of fused-ring (bicyclic) bond motifs is 1. The van der Waals surface area contributed by atoms with Crippen LogP contribution in [0.1, 0.15) is 40.5 Å². The molecule has 1 aliphatic rings. The summed E-state index contributed by atoms with van der Waals surface area (Å²) >= 11 is 0. The summed E-state index contributed by atoms with van der Waals surface area (Å²) in [6.07, 6.45) is 2.49. The van der Waals surface area contributed by atoms with Crippen LogP contribution in [-0.4, -0.2) is 15.5 Å². The molecule has 0 saturated heterocycles. The highest BCUT2D eigenvalue weighted by Gasteiger charge is 2.28. The van der Waals surface area contributed by atoms with E-state index in [0.29, 0.717) is 18.0 Å². The summed E-state index contributed by atoms with van der Waals surface area (Å²) < 4.78 is 2.19. The predicted octanol–water partition coefficient (Wildman–Crippen LogP) is 3.38. The predicted molar refractivity (Wildman–Crippen MR) is 90.3 cm³/mol. The Kier molecular flexibility index (Phi) is 3.37. The standard InChI is InChI=1S/C19H19N3O/c1-22-17-10-7-13(11-16(17)21-18(22)14-8-9-14)12-20-19(23)15-5-3-2-4-6-15/h2-7,10-11,14H,8-9,12H2,1H3,(H,20,23). The molecule has 0 bridgehead atoms. The minimum atomic E-state index is -0.0506. The summed E-state index contributed by atoms with van der Waals surface area (Å²) in [7, 11) is 2.08. The maximum atomic E-state index is 12.1. The SMILES string of the molecule is Cn1c(C2CC2)nc2cc(CNC(=O)c3ccccc3)ccc21. The van der Waals surface area contributed by atoms with Crippen LogP contribution in [0.3, 0.4) is 0 Å². The third-order valence-electron chi connectivity index (χ3n) is 4.41. The van der Waals surface area contributed by atoms with Gasteiger partial charge in [-0.05, 0) is 42.7 Å². The summed E-state index contributed by atoms with van der Waals surface area (Å²) in [6, 6.07) is 15.5. The molecule has 116 valence electrons. The second-order valence-electron chi connectivity index (χ2n) is 6.18. The minimum absolute atomic E-state index is 0.0506.